The molecule has 3 rings (SSSR count). The predicted octanol–water partition coefficient (Wildman–Crippen LogP) is 3.85. The zero-order chi connectivity index (χ0) is 27.9. The van der Waals surface area contributed by atoms with Crippen molar-refractivity contribution in [3.05, 3.63) is 53.1 Å². The number of rotatable bonds is 12. The van der Waals surface area contributed by atoms with Crippen LogP contribution < -0.4 is 19.1 Å². The molecule has 1 atom stereocenters. The van der Waals surface area contributed by atoms with E-state index in [2.05, 4.69) is 5.32 Å². The van der Waals surface area contributed by atoms with Crippen LogP contribution in [0.1, 0.15) is 39.2 Å². The number of ether oxygens (including phenoxy) is 2. The van der Waals surface area contributed by atoms with Gasteiger partial charge in [0.1, 0.15) is 19.3 Å². The van der Waals surface area contributed by atoms with Gasteiger partial charge in [0.05, 0.1) is 11.9 Å². The molecule has 0 fully saturated rings. The lowest BCUT2D eigenvalue weighted by Crippen LogP contribution is -2.48. The molecule has 0 aromatic heterocycles. The highest BCUT2D eigenvalue weighted by atomic mass is 35.5. The minimum atomic E-state index is -3.63. The van der Waals surface area contributed by atoms with Crippen LogP contribution in [0.2, 0.25) is 5.02 Å². The Bertz CT molecular complexity index is 1240. The maximum Gasteiger partial charge on any atom is 0.242 e. The number of carbonyl (C=O) groups excluding carboxylic acids is 2. The molecule has 2 aromatic carbocycles. The van der Waals surface area contributed by atoms with E-state index in [1.165, 1.54) is 9.21 Å². The Morgan fingerprint density at radius 3 is 2.42 bits per heavy atom. The maximum atomic E-state index is 13.4. The highest BCUT2D eigenvalue weighted by Gasteiger charge is 2.27. The molecule has 1 N–H and O–H groups in total. The summed E-state index contributed by atoms with van der Waals surface area (Å²) in [6, 6.07) is 11.4. The van der Waals surface area contributed by atoms with E-state index in [1.807, 2.05) is 19.9 Å². The molecule has 9 nitrogen and oxygen atoms in total. The minimum absolute atomic E-state index is 0.0545. The molecule has 0 saturated heterocycles. The van der Waals surface area contributed by atoms with Gasteiger partial charge >= 0.3 is 0 Å². The van der Waals surface area contributed by atoms with Gasteiger partial charge in [-0.25, -0.2) is 8.42 Å². The van der Waals surface area contributed by atoms with Gasteiger partial charge in [0.15, 0.2) is 11.5 Å². The lowest BCUT2D eigenvalue weighted by Gasteiger charge is -2.30. The normalized spacial score (nSPS) is 13.6. The fraction of sp³-hybridized carbons (Fsp3) is 0.481. The van der Waals surface area contributed by atoms with Gasteiger partial charge in [0.2, 0.25) is 21.8 Å². The highest BCUT2D eigenvalue weighted by Crippen LogP contribution is 2.34. The third-order valence-electron chi connectivity index (χ3n) is 6.06. The Balaban J connectivity index is 1.73. The second-order valence-corrected chi connectivity index (χ2v) is 12.1. The van der Waals surface area contributed by atoms with Gasteiger partial charge in [0, 0.05) is 37.1 Å². The second kappa shape index (κ2) is 13.2. The Morgan fingerprint density at radius 2 is 1.76 bits per heavy atom. The van der Waals surface area contributed by atoms with Crippen molar-refractivity contribution in [1.29, 1.82) is 0 Å². The molecule has 1 aliphatic rings. The molecule has 0 saturated carbocycles. The van der Waals surface area contributed by atoms with Crippen molar-refractivity contribution in [3.63, 3.8) is 0 Å². The molecule has 0 bridgehead atoms. The van der Waals surface area contributed by atoms with E-state index in [0.717, 1.165) is 11.8 Å². The summed E-state index contributed by atoms with van der Waals surface area (Å²) in [6.07, 6.45) is 1.43. The first kappa shape index (κ1) is 29.6. The summed E-state index contributed by atoms with van der Waals surface area (Å²) in [4.78, 5) is 27.7. The molecule has 0 spiro atoms. The molecule has 11 heteroatoms. The summed E-state index contributed by atoms with van der Waals surface area (Å²) in [5.74, 6) is 0.805. The molecule has 1 heterocycles. The van der Waals surface area contributed by atoms with Crippen LogP contribution in [0, 0.1) is 5.92 Å². The number of nitrogens with one attached hydrogen (secondary N) is 1. The summed E-state index contributed by atoms with van der Waals surface area (Å²) >= 11 is 6.14. The van der Waals surface area contributed by atoms with Gasteiger partial charge in [-0.05, 0) is 49.1 Å². The summed E-state index contributed by atoms with van der Waals surface area (Å²) in [5, 5.41) is 3.42. The van der Waals surface area contributed by atoms with E-state index in [1.54, 1.807) is 43.3 Å². The number of halogens is 1. The molecule has 2 amide bonds. The van der Waals surface area contributed by atoms with Crippen LogP contribution in [0.15, 0.2) is 42.5 Å². The monoisotopic (exact) mass is 565 g/mol. The second-order valence-electron chi connectivity index (χ2n) is 9.73. The van der Waals surface area contributed by atoms with Gasteiger partial charge in [-0.3, -0.25) is 13.9 Å². The zero-order valence-corrected chi connectivity index (χ0v) is 23.8. The number of amides is 2. The molecular formula is C27H36ClN3O6S. The Morgan fingerprint density at radius 1 is 1.05 bits per heavy atom. The van der Waals surface area contributed by atoms with Crippen LogP contribution in [0.4, 0.5) is 5.69 Å². The number of anilines is 1. The molecular weight excluding hydrogens is 530 g/mol. The van der Waals surface area contributed by atoms with Crippen molar-refractivity contribution in [2.75, 3.05) is 36.9 Å². The number of benzene rings is 2. The molecule has 1 aliphatic heterocycles. The van der Waals surface area contributed by atoms with Crippen molar-refractivity contribution in [2.24, 2.45) is 5.92 Å². The molecule has 38 heavy (non-hydrogen) atoms. The van der Waals surface area contributed by atoms with E-state index in [9.17, 15) is 18.0 Å². The maximum absolute atomic E-state index is 13.4. The molecule has 0 aliphatic carbocycles. The summed E-state index contributed by atoms with van der Waals surface area (Å²) in [7, 11) is -3.63. The Hall–Kier alpha value is -2.98. The first-order valence-electron chi connectivity index (χ1n) is 12.6. The van der Waals surface area contributed by atoms with Crippen molar-refractivity contribution in [1.82, 2.24) is 10.2 Å². The van der Waals surface area contributed by atoms with Gasteiger partial charge in [-0.1, -0.05) is 37.6 Å². The summed E-state index contributed by atoms with van der Waals surface area (Å²) in [6.45, 7) is 7.29. The smallest absolute Gasteiger partial charge is 0.242 e. The third-order valence-corrected chi connectivity index (χ3v) is 7.49. The fourth-order valence-corrected chi connectivity index (χ4v) is 5.23. The number of hydrogen-bond acceptors (Lipinski definition) is 6. The van der Waals surface area contributed by atoms with Crippen LogP contribution in [-0.2, 0) is 26.2 Å². The van der Waals surface area contributed by atoms with Crippen molar-refractivity contribution >= 4 is 39.1 Å². The van der Waals surface area contributed by atoms with Gasteiger partial charge in [-0.2, -0.15) is 0 Å². The number of sulfonamides is 1. The van der Waals surface area contributed by atoms with Gasteiger partial charge < -0.3 is 19.7 Å². The average molecular weight is 566 g/mol. The van der Waals surface area contributed by atoms with Crippen molar-refractivity contribution in [3.8, 4) is 11.5 Å². The lowest BCUT2D eigenvalue weighted by atomic mass is 10.1. The predicted molar refractivity (Wildman–Crippen MR) is 148 cm³/mol. The van der Waals surface area contributed by atoms with E-state index in [0.29, 0.717) is 42.0 Å². The average Bonchev–Trinajstić information content (AvgIpc) is 2.86. The van der Waals surface area contributed by atoms with E-state index in [4.69, 9.17) is 21.1 Å². The van der Waals surface area contributed by atoms with Crippen LogP contribution in [0.25, 0.3) is 0 Å². The Kier molecular flexibility index (Phi) is 10.3. The highest BCUT2D eigenvalue weighted by molar-refractivity contribution is 7.92. The van der Waals surface area contributed by atoms with E-state index < -0.39 is 16.1 Å². The molecule has 0 unspecified atom stereocenters. The summed E-state index contributed by atoms with van der Waals surface area (Å²) < 4.78 is 37.6. The molecule has 0 radical (unpaired) electrons. The number of carbonyl (C=O) groups is 2. The van der Waals surface area contributed by atoms with Gasteiger partial charge in [0.25, 0.3) is 0 Å². The Labute approximate surface area is 230 Å². The van der Waals surface area contributed by atoms with E-state index >= 15 is 0 Å². The first-order valence-corrected chi connectivity index (χ1v) is 14.9. The fourth-order valence-electron chi connectivity index (χ4n) is 4.06. The van der Waals surface area contributed by atoms with Crippen LogP contribution in [0.3, 0.4) is 0 Å². The number of hydrogen-bond donors (Lipinski definition) is 1. The quantitative estimate of drug-likeness (QED) is 0.419. The molecule has 2 aromatic rings. The lowest BCUT2D eigenvalue weighted by molar-refractivity contribution is -0.140. The standard InChI is InChI=1S/C27H36ClN3O6S/c1-19(2)17-29-27(33)20(3)30(18-21-7-5-8-22(28)15-21)26(32)9-6-12-31(38(4,34)35)23-10-11-24-25(16-23)37-14-13-36-24/h5,7-8,10-11,15-16,19-20H,6,9,12-14,17-18H2,1-4H3,(H,29,33)/t20-/m0/s1. The summed E-state index contributed by atoms with van der Waals surface area (Å²) in [5.41, 5.74) is 1.23. The topological polar surface area (TPSA) is 105 Å². The van der Waals surface area contributed by atoms with Crippen LogP contribution in [-0.4, -0.2) is 63.7 Å². The number of nitrogens with zero attached hydrogens (tertiary/aromatic N) is 2. The van der Waals surface area contributed by atoms with Crippen molar-refractivity contribution in [2.45, 2.75) is 46.2 Å². The van der Waals surface area contributed by atoms with Gasteiger partial charge in [-0.15, -0.1) is 0 Å². The van der Waals surface area contributed by atoms with E-state index in [-0.39, 0.29) is 43.7 Å². The van der Waals surface area contributed by atoms with Crippen molar-refractivity contribution < 1.29 is 27.5 Å². The third kappa shape index (κ3) is 8.26. The minimum Gasteiger partial charge on any atom is -0.486 e. The van der Waals surface area contributed by atoms with Crippen LogP contribution >= 0.6 is 11.6 Å². The first-order chi connectivity index (χ1) is 18.0. The molecule has 208 valence electrons. The van der Waals surface area contributed by atoms with Crippen LogP contribution in [0.5, 0.6) is 11.5 Å². The largest absolute Gasteiger partial charge is 0.486 e. The SMILES string of the molecule is CC(C)CNC(=O)[C@H](C)N(Cc1cccc(Cl)c1)C(=O)CCCN(c1ccc2c(c1)OCCO2)S(C)(=O)=O. The zero-order valence-electron chi connectivity index (χ0n) is 22.3. The number of fused-ring (bicyclic) bond motifs is 1.